The van der Waals surface area contributed by atoms with Crippen LogP contribution >= 0.6 is 11.3 Å². The largest absolute Gasteiger partial charge is 0.361 e. The van der Waals surface area contributed by atoms with Gasteiger partial charge in [-0.25, -0.2) is 9.28 Å². The highest BCUT2D eigenvalue weighted by Crippen LogP contribution is 2.50. The van der Waals surface area contributed by atoms with E-state index in [0.29, 0.717) is 11.0 Å². The van der Waals surface area contributed by atoms with Crippen molar-refractivity contribution in [2.45, 2.75) is 18.3 Å². The third kappa shape index (κ3) is 2.21. The Hall–Kier alpha value is -1.75. The maximum absolute atomic E-state index is 13.5. The highest BCUT2D eigenvalue weighted by atomic mass is 32.1. The Morgan fingerprint density at radius 2 is 2.04 bits per heavy atom. The number of thiophene rings is 1. The second-order valence-electron chi connectivity index (χ2n) is 6.93. The lowest BCUT2D eigenvalue weighted by molar-refractivity contribution is 0.0764. The van der Waals surface area contributed by atoms with E-state index in [0.717, 1.165) is 37.4 Å². The van der Waals surface area contributed by atoms with Crippen molar-refractivity contribution < 1.29 is 4.79 Å². The topological polar surface area (TPSA) is 29.1 Å². The molecule has 2 aliphatic rings. The van der Waals surface area contributed by atoms with Crippen LogP contribution in [0.4, 0.5) is 5.69 Å². The molecule has 1 saturated heterocycles. The van der Waals surface area contributed by atoms with Crippen molar-refractivity contribution in [3.05, 3.63) is 64.9 Å². The Kier molecular flexibility index (Phi) is 3.91. The van der Waals surface area contributed by atoms with Crippen molar-refractivity contribution in [3.63, 3.8) is 0 Å². The van der Waals surface area contributed by atoms with Crippen molar-refractivity contribution in [2.75, 3.05) is 26.2 Å². The summed E-state index contributed by atoms with van der Waals surface area (Å²) in [5.41, 5.74) is 2.66. The molecule has 2 aromatic rings. The zero-order chi connectivity index (χ0) is 16.6. The minimum absolute atomic E-state index is 0.109. The number of benzene rings is 1. The maximum Gasteiger partial charge on any atom is 0.361 e. The minimum Gasteiger partial charge on any atom is -0.317 e. The van der Waals surface area contributed by atoms with Crippen LogP contribution in [0.15, 0.2) is 54.4 Å². The number of para-hydroxylation sites is 1. The van der Waals surface area contributed by atoms with Gasteiger partial charge in [-0.1, -0.05) is 30.8 Å². The van der Waals surface area contributed by atoms with Gasteiger partial charge in [0, 0.05) is 5.56 Å². The predicted octanol–water partition coefficient (Wildman–Crippen LogP) is 3.72. The van der Waals surface area contributed by atoms with Gasteiger partial charge in [0.1, 0.15) is 23.7 Å². The monoisotopic (exact) mass is 339 g/mol. The van der Waals surface area contributed by atoms with Gasteiger partial charge >= 0.3 is 5.91 Å². The summed E-state index contributed by atoms with van der Waals surface area (Å²) in [5, 5.41) is 5.46. The molecule has 1 aromatic heterocycles. The molecular formula is C20H23N2OS+. The zero-order valence-corrected chi connectivity index (χ0v) is 14.6. The van der Waals surface area contributed by atoms with Crippen molar-refractivity contribution >= 4 is 22.9 Å². The Morgan fingerprint density at radius 1 is 1.25 bits per heavy atom. The first kappa shape index (κ1) is 15.8. The summed E-state index contributed by atoms with van der Waals surface area (Å²) in [6.07, 6.45) is 4.10. The second-order valence-corrected chi connectivity index (χ2v) is 7.87. The standard InChI is InChI=1S/C20H23N2OS/c1-2-13-22(19(23)18-8-5-14-24-18)15-20(9-11-21-12-10-20)16-6-3-4-7-17(16)22/h2-8,14,21H,1,9-13,15H2/q+1. The fraction of sp³-hybridized carbons (Fsp3) is 0.350. The zero-order valence-electron chi connectivity index (χ0n) is 13.8. The van der Waals surface area contributed by atoms with Gasteiger partial charge < -0.3 is 5.32 Å². The molecule has 3 heterocycles. The number of nitrogens with zero attached hydrogens (tertiary/aromatic N) is 1. The number of amides is 1. The first-order valence-corrected chi connectivity index (χ1v) is 9.47. The molecule has 2 aliphatic heterocycles. The van der Waals surface area contributed by atoms with Crippen LogP contribution in [0.3, 0.4) is 0 Å². The van der Waals surface area contributed by atoms with Crippen LogP contribution in [0.25, 0.3) is 0 Å². The number of piperidine rings is 1. The molecule has 3 nitrogen and oxygen atoms in total. The van der Waals surface area contributed by atoms with E-state index in [4.69, 9.17) is 0 Å². The summed E-state index contributed by atoms with van der Waals surface area (Å²) in [7, 11) is 0. The molecule has 0 aliphatic carbocycles. The van der Waals surface area contributed by atoms with Gasteiger partial charge in [-0.05, 0) is 49.5 Å². The molecular weight excluding hydrogens is 316 g/mol. The number of carbonyl (C=O) groups excluding carboxylic acids is 1. The smallest absolute Gasteiger partial charge is 0.317 e. The number of hydrogen-bond donors (Lipinski definition) is 1. The highest BCUT2D eigenvalue weighted by Gasteiger charge is 2.56. The molecule has 1 spiro atoms. The van der Waals surface area contributed by atoms with Crippen LogP contribution in [-0.2, 0) is 5.41 Å². The van der Waals surface area contributed by atoms with Crippen LogP contribution < -0.4 is 9.80 Å². The molecule has 1 amide bonds. The van der Waals surface area contributed by atoms with Crippen LogP contribution in [0.1, 0.15) is 28.1 Å². The molecule has 124 valence electrons. The van der Waals surface area contributed by atoms with Gasteiger partial charge in [-0.15, -0.1) is 11.3 Å². The van der Waals surface area contributed by atoms with Gasteiger partial charge in [-0.3, -0.25) is 0 Å². The summed E-state index contributed by atoms with van der Waals surface area (Å²) in [5.74, 6) is 0.216. The SMILES string of the molecule is C=CC[N+]1(C(=O)c2cccs2)CC2(CCNCC2)c2ccccc21. The predicted molar refractivity (Wildman–Crippen MR) is 101 cm³/mol. The van der Waals surface area contributed by atoms with E-state index >= 15 is 0 Å². The van der Waals surface area contributed by atoms with Gasteiger partial charge in [0.25, 0.3) is 0 Å². The Labute approximate surface area is 147 Å². The first-order chi connectivity index (χ1) is 11.7. The number of carbonyl (C=O) groups is 1. The molecule has 4 heteroatoms. The van der Waals surface area contributed by atoms with Crippen molar-refractivity contribution in [3.8, 4) is 0 Å². The normalized spacial score (nSPS) is 24.7. The Morgan fingerprint density at radius 3 is 2.75 bits per heavy atom. The van der Waals surface area contributed by atoms with E-state index in [9.17, 15) is 4.79 Å². The molecule has 1 fully saturated rings. The minimum atomic E-state index is 0.109. The number of quaternary nitrogens is 1. The summed E-state index contributed by atoms with van der Waals surface area (Å²) >= 11 is 1.54. The van der Waals surface area contributed by atoms with E-state index in [1.807, 2.05) is 23.6 Å². The molecule has 1 unspecified atom stereocenters. The lowest BCUT2D eigenvalue weighted by atomic mass is 9.75. The van der Waals surface area contributed by atoms with E-state index in [2.05, 4.69) is 36.2 Å². The number of rotatable bonds is 3. The van der Waals surface area contributed by atoms with Gasteiger partial charge in [0.05, 0.1) is 5.41 Å². The average Bonchev–Trinajstić information content (AvgIpc) is 3.23. The molecule has 0 saturated carbocycles. The second kappa shape index (κ2) is 5.96. The van der Waals surface area contributed by atoms with E-state index in [-0.39, 0.29) is 11.3 Å². The fourth-order valence-corrected chi connectivity index (χ4v) is 5.31. The molecule has 1 N–H and O–H groups in total. The Balaban J connectivity index is 1.88. The van der Waals surface area contributed by atoms with Crippen LogP contribution in [-0.4, -0.2) is 32.1 Å². The molecule has 4 rings (SSSR count). The quantitative estimate of drug-likeness (QED) is 0.682. The van der Waals surface area contributed by atoms with Gasteiger partial charge in [0.15, 0.2) is 0 Å². The van der Waals surface area contributed by atoms with Crippen molar-refractivity contribution in [1.82, 2.24) is 9.80 Å². The van der Waals surface area contributed by atoms with E-state index in [1.165, 1.54) is 11.3 Å². The fourth-order valence-electron chi connectivity index (χ4n) is 4.57. The summed E-state index contributed by atoms with van der Waals surface area (Å²) in [4.78, 5) is 14.4. The molecule has 0 radical (unpaired) electrons. The highest BCUT2D eigenvalue weighted by molar-refractivity contribution is 7.12. The first-order valence-electron chi connectivity index (χ1n) is 8.59. The number of nitrogens with one attached hydrogen (secondary N) is 1. The molecule has 1 atom stereocenters. The van der Waals surface area contributed by atoms with E-state index in [1.54, 1.807) is 11.3 Å². The van der Waals surface area contributed by atoms with Crippen LogP contribution in [0.5, 0.6) is 0 Å². The lowest BCUT2D eigenvalue weighted by Gasteiger charge is -2.36. The van der Waals surface area contributed by atoms with Gasteiger partial charge in [0.2, 0.25) is 0 Å². The summed E-state index contributed by atoms with van der Waals surface area (Å²) in [6.45, 7) is 7.52. The lowest BCUT2D eigenvalue weighted by Crippen LogP contribution is -2.57. The van der Waals surface area contributed by atoms with Crippen LogP contribution in [0.2, 0.25) is 0 Å². The van der Waals surface area contributed by atoms with E-state index < -0.39 is 0 Å². The summed E-state index contributed by atoms with van der Waals surface area (Å²) < 4.78 is 0.389. The molecule has 0 bridgehead atoms. The number of hydrogen-bond acceptors (Lipinski definition) is 3. The maximum atomic E-state index is 13.5. The van der Waals surface area contributed by atoms with Crippen molar-refractivity contribution in [2.24, 2.45) is 0 Å². The Bertz CT molecular complexity index is 762. The third-order valence-corrected chi connectivity index (χ3v) is 6.49. The number of fused-ring (bicyclic) bond motifs is 2. The third-order valence-electron chi connectivity index (χ3n) is 5.63. The molecule has 24 heavy (non-hydrogen) atoms. The van der Waals surface area contributed by atoms with Crippen LogP contribution in [0, 0.1) is 0 Å². The average molecular weight is 339 g/mol. The van der Waals surface area contributed by atoms with Crippen molar-refractivity contribution in [1.29, 1.82) is 0 Å². The van der Waals surface area contributed by atoms with Gasteiger partial charge in [-0.2, -0.15) is 0 Å². The molecule has 1 aromatic carbocycles. The summed E-state index contributed by atoms with van der Waals surface area (Å²) in [6, 6.07) is 12.5.